The summed E-state index contributed by atoms with van der Waals surface area (Å²) < 4.78 is 27.2. The summed E-state index contributed by atoms with van der Waals surface area (Å²) in [6.45, 7) is 0. The summed E-state index contributed by atoms with van der Waals surface area (Å²) >= 11 is 0. The Kier molecular flexibility index (Phi) is 2.18. The van der Waals surface area contributed by atoms with E-state index in [1.54, 1.807) is 18.3 Å². The first-order chi connectivity index (χ1) is 8.25. The molecule has 0 aliphatic heterocycles. The van der Waals surface area contributed by atoms with Crippen LogP contribution < -0.4 is 0 Å². The second-order valence-electron chi connectivity index (χ2n) is 3.88. The van der Waals surface area contributed by atoms with E-state index < -0.39 is 11.6 Å². The highest BCUT2D eigenvalue weighted by Gasteiger charge is 2.11. The molecule has 3 rings (SSSR count). The lowest BCUT2D eigenvalue weighted by atomic mass is 10.0. The van der Waals surface area contributed by atoms with Crippen LogP contribution >= 0.6 is 0 Å². The van der Waals surface area contributed by atoms with E-state index in [2.05, 4.69) is 4.98 Å². The molecule has 0 bridgehead atoms. The molecule has 0 spiro atoms. The van der Waals surface area contributed by atoms with E-state index in [0.29, 0.717) is 5.56 Å². The SMILES string of the molecule is Fc1cccc(F)c1-c1ccc2[nH]ccc2c1. The van der Waals surface area contributed by atoms with Crippen molar-refractivity contribution in [1.29, 1.82) is 0 Å². The van der Waals surface area contributed by atoms with Gasteiger partial charge in [-0.2, -0.15) is 0 Å². The van der Waals surface area contributed by atoms with E-state index >= 15 is 0 Å². The highest BCUT2D eigenvalue weighted by molar-refractivity contribution is 5.85. The molecule has 1 nitrogen and oxygen atoms in total. The zero-order valence-corrected chi connectivity index (χ0v) is 8.87. The fraction of sp³-hybridized carbons (Fsp3) is 0. The Balaban J connectivity index is 2.26. The molecular formula is C14H9F2N. The smallest absolute Gasteiger partial charge is 0.133 e. The van der Waals surface area contributed by atoms with Crippen LogP contribution in [0.3, 0.4) is 0 Å². The summed E-state index contributed by atoms with van der Waals surface area (Å²) in [4.78, 5) is 3.04. The van der Waals surface area contributed by atoms with E-state index in [9.17, 15) is 8.78 Å². The lowest BCUT2D eigenvalue weighted by molar-refractivity contribution is 0.589. The maximum Gasteiger partial charge on any atom is 0.133 e. The molecule has 3 aromatic rings. The molecule has 84 valence electrons. The fourth-order valence-corrected chi connectivity index (χ4v) is 1.98. The summed E-state index contributed by atoms with van der Waals surface area (Å²) in [5.41, 5.74) is 1.52. The topological polar surface area (TPSA) is 15.8 Å². The number of hydrogen-bond donors (Lipinski definition) is 1. The van der Waals surface area contributed by atoms with Crippen molar-refractivity contribution in [3.8, 4) is 11.1 Å². The predicted octanol–water partition coefficient (Wildman–Crippen LogP) is 4.11. The lowest BCUT2D eigenvalue weighted by Crippen LogP contribution is -1.89. The van der Waals surface area contributed by atoms with Gasteiger partial charge in [0.2, 0.25) is 0 Å². The van der Waals surface area contributed by atoms with Gasteiger partial charge in [-0.15, -0.1) is 0 Å². The zero-order chi connectivity index (χ0) is 11.8. The fourth-order valence-electron chi connectivity index (χ4n) is 1.98. The number of benzene rings is 2. The van der Waals surface area contributed by atoms with Gasteiger partial charge in [0.05, 0.1) is 5.56 Å². The molecule has 0 aliphatic carbocycles. The Hall–Kier alpha value is -2.16. The van der Waals surface area contributed by atoms with Gasteiger partial charge in [0.25, 0.3) is 0 Å². The molecule has 1 N–H and O–H groups in total. The Labute approximate surface area is 96.7 Å². The first-order valence-corrected chi connectivity index (χ1v) is 5.27. The first-order valence-electron chi connectivity index (χ1n) is 5.27. The summed E-state index contributed by atoms with van der Waals surface area (Å²) in [6, 6.07) is 11.1. The highest BCUT2D eigenvalue weighted by Crippen LogP contribution is 2.28. The van der Waals surface area contributed by atoms with Crippen molar-refractivity contribution in [3.05, 3.63) is 60.3 Å². The molecular weight excluding hydrogens is 220 g/mol. The number of rotatable bonds is 1. The second kappa shape index (κ2) is 3.70. The van der Waals surface area contributed by atoms with Crippen LogP contribution in [0.5, 0.6) is 0 Å². The van der Waals surface area contributed by atoms with E-state index in [1.165, 1.54) is 18.2 Å². The summed E-state index contributed by atoms with van der Waals surface area (Å²) in [5, 5.41) is 0.935. The molecule has 2 aromatic carbocycles. The quantitative estimate of drug-likeness (QED) is 0.646. The third-order valence-corrected chi connectivity index (χ3v) is 2.80. The minimum atomic E-state index is -0.542. The van der Waals surface area contributed by atoms with E-state index in [4.69, 9.17) is 0 Å². The van der Waals surface area contributed by atoms with Crippen LogP contribution in [0.15, 0.2) is 48.7 Å². The van der Waals surface area contributed by atoms with Gasteiger partial charge in [-0.1, -0.05) is 12.1 Å². The van der Waals surface area contributed by atoms with E-state index in [0.717, 1.165) is 10.9 Å². The van der Waals surface area contributed by atoms with Crippen LogP contribution in [0.2, 0.25) is 0 Å². The normalized spacial score (nSPS) is 10.9. The monoisotopic (exact) mass is 229 g/mol. The molecule has 0 atom stereocenters. The third kappa shape index (κ3) is 1.60. The number of H-pyrrole nitrogens is 1. The van der Waals surface area contributed by atoms with Gasteiger partial charge >= 0.3 is 0 Å². The van der Waals surface area contributed by atoms with Gasteiger partial charge in [-0.25, -0.2) is 8.78 Å². The number of halogens is 2. The second-order valence-corrected chi connectivity index (χ2v) is 3.88. The average Bonchev–Trinajstić information content (AvgIpc) is 2.76. The zero-order valence-electron chi connectivity index (χ0n) is 8.87. The van der Waals surface area contributed by atoms with Crippen molar-refractivity contribution in [2.75, 3.05) is 0 Å². The standard InChI is InChI=1S/C14H9F2N/c15-11-2-1-3-12(16)14(11)10-4-5-13-9(8-10)6-7-17-13/h1-8,17H. The molecule has 0 saturated carbocycles. The Morgan fingerprint density at radius 1 is 0.882 bits per heavy atom. The molecule has 1 heterocycles. The molecule has 0 unspecified atom stereocenters. The number of nitrogens with one attached hydrogen (secondary N) is 1. The van der Waals surface area contributed by atoms with Gasteiger partial charge in [-0.3, -0.25) is 0 Å². The van der Waals surface area contributed by atoms with Crippen molar-refractivity contribution in [1.82, 2.24) is 4.98 Å². The minimum absolute atomic E-state index is 0.0237. The van der Waals surface area contributed by atoms with Crippen LogP contribution in [-0.4, -0.2) is 4.98 Å². The van der Waals surface area contributed by atoms with Crippen LogP contribution in [-0.2, 0) is 0 Å². The van der Waals surface area contributed by atoms with Crippen molar-refractivity contribution < 1.29 is 8.78 Å². The maximum absolute atomic E-state index is 13.6. The molecule has 1 aromatic heterocycles. The maximum atomic E-state index is 13.6. The van der Waals surface area contributed by atoms with Crippen LogP contribution in [0.4, 0.5) is 8.78 Å². The number of fused-ring (bicyclic) bond motifs is 1. The van der Waals surface area contributed by atoms with Crippen molar-refractivity contribution in [2.24, 2.45) is 0 Å². The molecule has 0 fully saturated rings. The van der Waals surface area contributed by atoms with Gasteiger partial charge in [0.15, 0.2) is 0 Å². The van der Waals surface area contributed by atoms with Gasteiger partial charge in [0, 0.05) is 11.7 Å². The Morgan fingerprint density at radius 2 is 1.65 bits per heavy atom. The Bertz CT molecular complexity index is 665. The molecule has 0 amide bonds. The molecule has 0 aliphatic rings. The third-order valence-electron chi connectivity index (χ3n) is 2.80. The first kappa shape index (κ1) is 10.0. The van der Waals surface area contributed by atoms with Gasteiger partial charge in [0.1, 0.15) is 11.6 Å². The average molecular weight is 229 g/mol. The molecule has 0 saturated heterocycles. The summed E-state index contributed by atoms with van der Waals surface area (Å²) in [7, 11) is 0. The lowest BCUT2D eigenvalue weighted by Gasteiger charge is -2.05. The largest absolute Gasteiger partial charge is 0.361 e. The molecule has 0 radical (unpaired) electrons. The van der Waals surface area contributed by atoms with Gasteiger partial charge in [-0.05, 0) is 41.3 Å². The van der Waals surface area contributed by atoms with E-state index in [-0.39, 0.29) is 5.56 Å². The van der Waals surface area contributed by atoms with Crippen molar-refractivity contribution >= 4 is 10.9 Å². The molecule has 17 heavy (non-hydrogen) atoms. The summed E-state index contributed by atoms with van der Waals surface area (Å²) in [5.74, 6) is -1.08. The highest BCUT2D eigenvalue weighted by atomic mass is 19.1. The number of hydrogen-bond acceptors (Lipinski definition) is 0. The van der Waals surface area contributed by atoms with Crippen LogP contribution in [0.25, 0.3) is 22.0 Å². The van der Waals surface area contributed by atoms with Crippen molar-refractivity contribution in [3.63, 3.8) is 0 Å². The number of aromatic amines is 1. The molecule has 3 heteroatoms. The van der Waals surface area contributed by atoms with Crippen molar-refractivity contribution in [2.45, 2.75) is 0 Å². The van der Waals surface area contributed by atoms with Gasteiger partial charge < -0.3 is 4.98 Å². The minimum Gasteiger partial charge on any atom is -0.361 e. The van der Waals surface area contributed by atoms with Crippen LogP contribution in [0.1, 0.15) is 0 Å². The number of aromatic nitrogens is 1. The van der Waals surface area contributed by atoms with E-state index in [1.807, 2.05) is 12.1 Å². The Morgan fingerprint density at radius 3 is 2.41 bits per heavy atom. The van der Waals surface area contributed by atoms with Crippen LogP contribution in [0, 0.1) is 11.6 Å². The predicted molar refractivity (Wildman–Crippen MR) is 63.7 cm³/mol. The summed E-state index contributed by atoms with van der Waals surface area (Å²) in [6.07, 6.45) is 1.80.